The van der Waals surface area contributed by atoms with Crippen LogP contribution in [0.5, 0.6) is 0 Å². The van der Waals surface area contributed by atoms with Crippen molar-refractivity contribution in [3.8, 4) is 0 Å². The molecule has 2 nitrogen and oxygen atoms in total. The molecule has 1 rings (SSSR count). The van der Waals surface area contributed by atoms with Crippen molar-refractivity contribution in [3.63, 3.8) is 0 Å². The first-order valence-corrected chi connectivity index (χ1v) is 5.64. The van der Waals surface area contributed by atoms with Gasteiger partial charge in [-0.2, -0.15) is 0 Å². The Morgan fingerprint density at radius 1 is 1.21 bits per heavy atom. The fourth-order valence-electron chi connectivity index (χ4n) is 1.55. The van der Waals surface area contributed by atoms with Crippen LogP contribution in [0.15, 0.2) is 24.7 Å². The van der Waals surface area contributed by atoms with Gasteiger partial charge < -0.3 is 9.80 Å². The Labute approximate surface area is 87.9 Å². The molecule has 0 saturated carbocycles. The highest BCUT2D eigenvalue weighted by atomic mass is 15.3. The van der Waals surface area contributed by atoms with E-state index in [0.29, 0.717) is 0 Å². The summed E-state index contributed by atoms with van der Waals surface area (Å²) in [5.74, 6) is 0. The third-order valence-electron chi connectivity index (χ3n) is 2.42. The van der Waals surface area contributed by atoms with E-state index in [4.69, 9.17) is 0 Å². The van der Waals surface area contributed by atoms with E-state index in [1.165, 1.54) is 32.1 Å². The van der Waals surface area contributed by atoms with E-state index < -0.39 is 0 Å². The molecule has 0 atom stereocenters. The lowest BCUT2D eigenvalue weighted by atomic mass is 10.1. The lowest BCUT2D eigenvalue weighted by Gasteiger charge is -2.12. The smallest absolute Gasteiger partial charge is 0.0932 e. The van der Waals surface area contributed by atoms with E-state index in [-0.39, 0.29) is 0 Å². The van der Waals surface area contributed by atoms with Crippen molar-refractivity contribution in [1.29, 1.82) is 0 Å². The summed E-state index contributed by atoms with van der Waals surface area (Å²) in [6, 6.07) is 0. The van der Waals surface area contributed by atoms with Gasteiger partial charge in [-0.3, -0.25) is 0 Å². The Morgan fingerprint density at radius 3 is 2.71 bits per heavy atom. The van der Waals surface area contributed by atoms with Crippen molar-refractivity contribution in [2.24, 2.45) is 0 Å². The molecular weight excluding hydrogens is 172 g/mol. The van der Waals surface area contributed by atoms with Crippen LogP contribution in [0.4, 0.5) is 0 Å². The van der Waals surface area contributed by atoms with Crippen molar-refractivity contribution in [1.82, 2.24) is 9.80 Å². The molecule has 2 heteroatoms. The third-order valence-corrected chi connectivity index (χ3v) is 2.42. The van der Waals surface area contributed by atoms with Gasteiger partial charge in [-0.1, -0.05) is 32.3 Å². The Balaban J connectivity index is 2.01. The molecule has 80 valence electrons. The molecule has 0 N–H and O–H groups in total. The van der Waals surface area contributed by atoms with E-state index >= 15 is 0 Å². The maximum Gasteiger partial charge on any atom is 0.0932 e. The molecule has 0 aliphatic carbocycles. The van der Waals surface area contributed by atoms with Crippen LogP contribution in [0.1, 0.15) is 39.0 Å². The van der Waals surface area contributed by atoms with Gasteiger partial charge >= 0.3 is 0 Å². The molecule has 0 fully saturated rings. The van der Waals surface area contributed by atoms with Crippen molar-refractivity contribution in [2.45, 2.75) is 39.0 Å². The fourth-order valence-corrected chi connectivity index (χ4v) is 1.55. The molecule has 1 heterocycles. The zero-order chi connectivity index (χ0) is 10.2. The van der Waals surface area contributed by atoms with Crippen molar-refractivity contribution in [3.05, 3.63) is 24.7 Å². The molecule has 14 heavy (non-hydrogen) atoms. The maximum atomic E-state index is 2.28. The minimum absolute atomic E-state index is 0.992. The summed E-state index contributed by atoms with van der Waals surface area (Å²) in [5, 5.41) is 0. The predicted molar refractivity (Wildman–Crippen MR) is 61.5 cm³/mol. The number of hydrogen-bond donors (Lipinski definition) is 0. The van der Waals surface area contributed by atoms with Crippen molar-refractivity contribution in [2.75, 3.05) is 13.7 Å². The average molecular weight is 194 g/mol. The first kappa shape index (κ1) is 11.2. The van der Waals surface area contributed by atoms with Crippen LogP contribution >= 0.6 is 0 Å². The van der Waals surface area contributed by atoms with Crippen LogP contribution in [0.3, 0.4) is 0 Å². The van der Waals surface area contributed by atoms with Gasteiger partial charge in [-0.05, 0) is 12.8 Å². The maximum absolute atomic E-state index is 2.28. The van der Waals surface area contributed by atoms with Gasteiger partial charge in [0.1, 0.15) is 0 Å². The topological polar surface area (TPSA) is 6.48 Å². The number of hydrogen-bond acceptors (Lipinski definition) is 2. The first-order chi connectivity index (χ1) is 6.83. The summed E-state index contributed by atoms with van der Waals surface area (Å²) < 4.78 is 0. The van der Waals surface area contributed by atoms with Crippen LogP contribution < -0.4 is 0 Å². The second-order valence-electron chi connectivity index (χ2n) is 3.94. The lowest BCUT2D eigenvalue weighted by Crippen LogP contribution is -2.17. The second-order valence-corrected chi connectivity index (χ2v) is 3.94. The molecular formula is C12H22N2. The van der Waals surface area contributed by atoms with E-state index in [9.17, 15) is 0 Å². The van der Waals surface area contributed by atoms with Gasteiger partial charge in [-0.15, -0.1) is 0 Å². The van der Waals surface area contributed by atoms with Gasteiger partial charge in [0.05, 0.1) is 6.67 Å². The van der Waals surface area contributed by atoms with Crippen molar-refractivity contribution < 1.29 is 0 Å². The van der Waals surface area contributed by atoms with Crippen LogP contribution in [0, 0.1) is 0 Å². The normalized spacial score (nSPS) is 16.1. The van der Waals surface area contributed by atoms with E-state index in [2.05, 4.69) is 48.4 Å². The van der Waals surface area contributed by atoms with E-state index in [1.807, 2.05) is 0 Å². The summed E-state index contributed by atoms with van der Waals surface area (Å²) in [5.41, 5.74) is 0. The van der Waals surface area contributed by atoms with Gasteiger partial charge in [-0.25, -0.2) is 0 Å². The molecule has 0 spiro atoms. The Morgan fingerprint density at radius 2 is 2.07 bits per heavy atom. The molecule has 1 aliphatic heterocycles. The molecule has 0 bridgehead atoms. The number of rotatable bonds is 6. The SMILES string of the molecule is CCCCCCC=CN1C=CN(C)C1. The van der Waals surface area contributed by atoms with E-state index in [0.717, 1.165) is 6.67 Å². The van der Waals surface area contributed by atoms with E-state index in [1.54, 1.807) is 0 Å². The summed E-state index contributed by atoms with van der Waals surface area (Å²) in [4.78, 5) is 4.38. The Hall–Kier alpha value is -0.920. The molecule has 0 aromatic rings. The number of allylic oxidation sites excluding steroid dienone is 1. The van der Waals surface area contributed by atoms with Gasteiger partial charge in [0.25, 0.3) is 0 Å². The van der Waals surface area contributed by atoms with Crippen LogP contribution in [0.25, 0.3) is 0 Å². The molecule has 0 aromatic heterocycles. The molecule has 0 aromatic carbocycles. The first-order valence-electron chi connectivity index (χ1n) is 5.64. The van der Waals surface area contributed by atoms with Crippen molar-refractivity contribution >= 4 is 0 Å². The zero-order valence-electron chi connectivity index (χ0n) is 9.45. The standard InChI is InChI=1S/C12H22N2/c1-3-4-5-6-7-8-9-14-11-10-13(2)12-14/h8-11H,3-7,12H2,1-2H3. The van der Waals surface area contributed by atoms with Crippen LogP contribution in [0.2, 0.25) is 0 Å². The molecule has 0 unspecified atom stereocenters. The Bertz CT molecular complexity index is 196. The van der Waals surface area contributed by atoms with Crippen LogP contribution in [-0.4, -0.2) is 23.5 Å². The summed E-state index contributed by atoms with van der Waals surface area (Å²) >= 11 is 0. The predicted octanol–water partition coefficient (Wildman–Crippen LogP) is 3.15. The second kappa shape index (κ2) is 6.52. The number of nitrogens with zero attached hydrogens (tertiary/aromatic N) is 2. The molecule has 0 amide bonds. The zero-order valence-corrected chi connectivity index (χ0v) is 9.45. The average Bonchev–Trinajstić information content (AvgIpc) is 2.58. The third kappa shape index (κ3) is 4.35. The summed E-state index contributed by atoms with van der Waals surface area (Å²) in [6.07, 6.45) is 15.3. The highest BCUT2D eigenvalue weighted by molar-refractivity contribution is 4.96. The van der Waals surface area contributed by atoms with Crippen LogP contribution in [-0.2, 0) is 0 Å². The van der Waals surface area contributed by atoms with Gasteiger partial charge in [0.15, 0.2) is 0 Å². The Kier molecular flexibility index (Phi) is 5.20. The quantitative estimate of drug-likeness (QED) is 0.599. The van der Waals surface area contributed by atoms with Gasteiger partial charge in [0.2, 0.25) is 0 Å². The largest absolute Gasteiger partial charge is 0.361 e. The molecule has 1 aliphatic rings. The molecule has 0 saturated heterocycles. The number of unbranched alkanes of at least 4 members (excludes halogenated alkanes) is 4. The summed E-state index contributed by atoms with van der Waals surface area (Å²) in [6.45, 7) is 3.24. The van der Waals surface area contributed by atoms with Gasteiger partial charge in [0, 0.05) is 25.6 Å². The fraction of sp³-hybridized carbons (Fsp3) is 0.667. The highest BCUT2D eigenvalue weighted by Crippen LogP contribution is 2.06. The monoisotopic (exact) mass is 194 g/mol. The molecule has 0 radical (unpaired) electrons. The lowest BCUT2D eigenvalue weighted by molar-refractivity contribution is 0.363. The minimum Gasteiger partial charge on any atom is -0.361 e. The highest BCUT2D eigenvalue weighted by Gasteiger charge is 2.03. The summed E-state index contributed by atoms with van der Waals surface area (Å²) in [7, 11) is 2.09. The minimum atomic E-state index is 0.992.